The van der Waals surface area contributed by atoms with Crippen LogP contribution in [0.4, 0.5) is 0 Å². The second-order valence-corrected chi connectivity index (χ2v) is 4.31. The topological polar surface area (TPSA) is 52.6 Å². The zero-order chi connectivity index (χ0) is 11.3. The van der Waals surface area contributed by atoms with Gasteiger partial charge in [0.2, 0.25) is 0 Å². The highest BCUT2D eigenvalue weighted by atomic mass is 16.4. The monoisotopic (exact) mass is 212 g/mol. The third-order valence-corrected chi connectivity index (χ3v) is 2.80. The molecular weight excluding hydrogens is 192 g/mol. The largest absolute Gasteiger partial charge is 0.478 e. The predicted octanol–water partition coefficient (Wildman–Crippen LogP) is 0.559. The fourth-order valence-electron chi connectivity index (χ4n) is 1.94. The lowest BCUT2D eigenvalue weighted by Crippen LogP contribution is -2.38. The Labute approximate surface area is 91.0 Å². The molecule has 4 nitrogen and oxygen atoms in total. The van der Waals surface area contributed by atoms with E-state index in [0.717, 1.165) is 13.1 Å². The standard InChI is InChI=1S/C11H20N2O2/c1-9(11(14)15)6-12-7-10-4-3-5-13(2)8-10/h10,12H,1,3-8H2,2H3,(H,14,15). The number of hydrogen-bond donors (Lipinski definition) is 2. The van der Waals surface area contributed by atoms with E-state index < -0.39 is 5.97 Å². The third kappa shape index (κ3) is 4.44. The summed E-state index contributed by atoms with van der Waals surface area (Å²) in [6, 6.07) is 0. The van der Waals surface area contributed by atoms with Crippen molar-refractivity contribution in [2.75, 3.05) is 33.2 Å². The van der Waals surface area contributed by atoms with Crippen molar-refractivity contribution in [2.45, 2.75) is 12.8 Å². The summed E-state index contributed by atoms with van der Waals surface area (Å²) in [6.45, 7) is 7.03. The first-order chi connectivity index (χ1) is 7.09. The van der Waals surface area contributed by atoms with E-state index >= 15 is 0 Å². The minimum Gasteiger partial charge on any atom is -0.478 e. The molecule has 1 atom stereocenters. The maximum Gasteiger partial charge on any atom is 0.332 e. The van der Waals surface area contributed by atoms with E-state index in [4.69, 9.17) is 5.11 Å². The molecule has 1 aliphatic rings. The average Bonchev–Trinajstić information content (AvgIpc) is 2.17. The van der Waals surface area contributed by atoms with E-state index in [0.29, 0.717) is 12.5 Å². The summed E-state index contributed by atoms with van der Waals surface area (Å²) in [4.78, 5) is 12.8. The fourth-order valence-corrected chi connectivity index (χ4v) is 1.94. The lowest BCUT2D eigenvalue weighted by Gasteiger charge is -2.29. The molecule has 0 aromatic heterocycles. The lowest BCUT2D eigenvalue weighted by molar-refractivity contribution is -0.132. The molecule has 1 saturated heterocycles. The number of carboxylic acids is 1. The Kier molecular flexibility index (Phi) is 4.78. The second kappa shape index (κ2) is 5.88. The van der Waals surface area contributed by atoms with E-state index in [-0.39, 0.29) is 5.57 Å². The molecule has 2 N–H and O–H groups in total. The van der Waals surface area contributed by atoms with Crippen molar-refractivity contribution in [3.05, 3.63) is 12.2 Å². The van der Waals surface area contributed by atoms with Gasteiger partial charge >= 0.3 is 5.97 Å². The molecule has 1 heterocycles. The Morgan fingerprint density at radius 1 is 1.67 bits per heavy atom. The van der Waals surface area contributed by atoms with Crippen LogP contribution in [0.2, 0.25) is 0 Å². The molecule has 0 spiro atoms. The smallest absolute Gasteiger partial charge is 0.332 e. The SMILES string of the molecule is C=C(CNCC1CCCN(C)C1)C(=O)O. The molecule has 1 fully saturated rings. The predicted molar refractivity (Wildman–Crippen MR) is 59.9 cm³/mol. The van der Waals surface area contributed by atoms with Gasteiger partial charge in [-0.3, -0.25) is 0 Å². The van der Waals surface area contributed by atoms with E-state index in [2.05, 4.69) is 23.8 Å². The van der Waals surface area contributed by atoms with Gasteiger partial charge in [-0.1, -0.05) is 6.58 Å². The van der Waals surface area contributed by atoms with Crippen LogP contribution in [0.3, 0.4) is 0 Å². The van der Waals surface area contributed by atoms with E-state index in [1.165, 1.54) is 19.4 Å². The van der Waals surface area contributed by atoms with E-state index in [1.807, 2.05) is 0 Å². The van der Waals surface area contributed by atoms with Crippen molar-refractivity contribution in [3.63, 3.8) is 0 Å². The molecule has 0 radical (unpaired) electrons. The summed E-state index contributed by atoms with van der Waals surface area (Å²) in [7, 11) is 2.13. The highest BCUT2D eigenvalue weighted by Gasteiger charge is 2.16. The Bertz CT molecular complexity index is 241. The van der Waals surface area contributed by atoms with Crippen molar-refractivity contribution in [2.24, 2.45) is 5.92 Å². The van der Waals surface area contributed by atoms with Gasteiger partial charge in [-0.15, -0.1) is 0 Å². The maximum atomic E-state index is 10.5. The molecule has 86 valence electrons. The molecule has 1 aliphatic heterocycles. The summed E-state index contributed by atoms with van der Waals surface area (Å²) in [6.07, 6.45) is 2.47. The Morgan fingerprint density at radius 3 is 3.00 bits per heavy atom. The van der Waals surface area contributed by atoms with Crippen LogP contribution in [-0.4, -0.2) is 49.2 Å². The fraction of sp³-hybridized carbons (Fsp3) is 0.727. The molecule has 0 saturated carbocycles. The van der Waals surface area contributed by atoms with Crippen molar-refractivity contribution >= 4 is 5.97 Å². The van der Waals surface area contributed by atoms with E-state index in [9.17, 15) is 4.79 Å². The maximum absolute atomic E-state index is 10.5. The molecule has 1 unspecified atom stereocenters. The summed E-state index contributed by atoms with van der Waals surface area (Å²) in [5.74, 6) is -0.270. The minimum atomic E-state index is -0.914. The summed E-state index contributed by atoms with van der Waals surface area (Å²) >= 11 is 0. The van der Waals surface area contributed by atoms with Gasteiger partial charge in [0.05, 0.1) is 0 Å². The molecule has 0 aliphatic carbocycles. The molecule has 0 aromatic rings. The van der Waals surface area contributed by atoms with Crippen LogP contribution in [0, 0.1) is 5.92 Å². The molecule has 0 amide bonds. The van der Waals surface area contributed by atoms with Crippen LogP contribution in [-0.2, 0) is 4.79 Å². The number of piperidine rings is 1. The third-order valence-electron chi connectivity index (χ3n) is 2.80. The van der Waals surface area contributed by atoms with Gasteiger partial charge < -0.3 is 15.3 Å². The van der Waals surface area contributed by atoms with Crippen LogP contribution < -0.4 is 5.32 Å². The van der Waals surface area contributed by atoms with Crippen molar-refractivity contribution in [1.82, 2.24) is 10.2 Å². The van der Waals surface area contributed by atoms with Gasteiger partial charge in [0.25, 0.3) is 0 Å². The number of rotatable bonds is 5. The highest BCUT2D eigenvalue weighted by Crippen LogP contribution is 2.13. The van der Waals surface area contributed by atoms with Crippen molar-refractivity contribution in [1.29, 1.82) is 0 Å². The van der Waals surface area contributed by atoms with Gasteiger partial charge in [0, 0.05) is 18.7 Å². The number of nitrogens with zero attached hydrogens (tertiary/aromatic N) is 1. The lowest BCUT2D eigenvalue weighted by atomic mass is 9.98. The van der Waals surface area contributed by atoms with Gasteiger partial charge in [0.15, 0.2) is 0 Å². The first-order valence-electron chi connectivity index (χ1n) is 5.40. The number of nitrogens with one attached hydrogen (secondary N) is 1. The first kappa shape index (κ1) is 12.2. The zero-order valence-corrected chi connectivity index (χ0v) is 9.33. The van der Waals surface area contributed by atoms with Crippen molar-refractivity contribution in [3.8, 4) is 0 Å². The molecule has 4 heteroatoms. The second-order valence-electron chi connectivity index (χ2n) is 4.31. The van der Waals surface area contributed by atoms with Crippen LogP contribution in [0.5, 0.6) is 0 Å². The highest BCUT2D eigenvalue weighted by molar-refractivity contribution is 5.86. The molecule has 1 rings (SSSR count). The minimum absolute atomic E-state index is 0.235. The van der Waals surface area contributed by atoms with Gasteiger partial charge in [-0.2, -0.15) is 0 Å². The number of likely N-dealkylation sites (tertiary alicyclic amines) is 1. The molecule has 0 aromatic carbocycles. The van der Waals surface area contributed by atoms with Gasteiger partial charge in [-0.25, -0.2) is 4.79 Å². The Balaban J connectivity index is 2.14. The Hall–Kier alpha value is -0.870. The Morgan fingerprint density at radius 2 is 2.40 bits per heavy atom. The van der Waals surface area contributed by atoms with Crippen LogP contribution >= 0.6 is 0 Å². The van der Waals surface area contributed by atoms with Gasteiger partial charge in [-0.05, 0) is 38.9 Å². The van der Waals surface area contributed by atoms with Crippen molar-refractivity contribution < 1.29 is 9.90 Å². The van der Waals surface area contributed by atoms with E-state index in [1.54, 1.807) is 0 Å². The van der Waals surface area contributed by atoms with Crippen LogP contribution in [0.25, 0.3) is 0 Å². The summed E-state index contributed by atoms with van der Waals surface area (Å²) in [5, 5.41) is 11.8. The number of carboxylic acid groups (broad SMARTS) is 1. The molecule has 0 bridgehead atoms. The quantitative estimate of drug-likeness (QED) is 0.654. The van der Waals surface area contributed by atoms with Crippen LogP contribution in [0.1, 0.15) is 12.8 Å². The number of carbonyl (C=O) groups is 1. The summed E-state index contributed by atoms with van der Waals surface area (Å²) < 4.78 is 0. The average molecular weight is 212 g/mol. The number of hydrogen-bond acceptors (Lipinski definition) is 3. The first-order valence-corrected chi connectivity index (χ1v) is 5.40. The normalized spacial score (nSPS) is 22.6. The van der Waals surface area contributed by atoms with Gasteiger partial charge in [0.1, 0.15) is 0 Å². The van der Waals surface area contributed by atoms with Crippen LogP contribution in [0.15, 0.2) is 12.2 Å². The molecular formula is C11H20N2O2. The number of aliphatic carboxylic acids is 1. The zero-order valence-electron chi connectivity index (χ0n) is 9.33. The summed E-state index contributed by atoms with van der Waals surface area (Å²) in [5.41, 5.74) is 0.235. The molecule has 15 heavy (non-hydrogen) atoms.